The fourth-order valence-corrected chi connectivity index (χ4v) is 10.3. The molecule has 1 aliphatic rings. The SMILES string of the molecule is C1=CC(c2ccc(-c3nc(-c4ccccc4)nc(-c4cc(-c5ccccc5)c(-n5c6ccccc6c6ccc7c(c8ccccc8n7-c7ccccc7)c65)c(-c5ccccc5)c4)n3)cc2)=CCC1. The standard InChI is InChI=1S/C63H43N5/c1-6-20-42(21-7-1)43-34-36-47(37-35-43)62-64-61(46-26-12-4-13-27-46)65-63(66-62)48-40-53(44-22-8-2-9-23-44)59(54(41-48)45-24-10-3-11-25-45)68-55-32-18-16-30-50(55)51-38-39-57-58(60(51)68)52-31-17-19-33-56(52)67(57)49-28-14-5-15-29-49/h2-6,8-41H,1,7H2. The van der Waals surface area contributed by atoms with Gasteiger partial charge in [-0.1, -0.05) is 194 Å². The molecule has 0 amide bonds. The van der Waals surface area contributed by atoms with Crippen LogP contribution in [0.15, 0.2) is 237 Å². The van der Waals surface area contributed by atoms with E-state index in [9.17, 15) is 0 Å². The van der Waals surface area contributed by atoms with Gasteiger partial charge in [0.05, 0.1) is 27.8 Å². The van der Waals surface area contributed by atoms with Crippen LogP contribution in [0.3, 0.4) is 0 Å². The molecule has 5 heteroatoms. The summed E-state index contributed by atoms with van der Waals surface area (Å²) in [4.78, 5) is 15.8. The van der Waals surface area contributed by atoms with Crippen LogP contribution in [0.5, 0.6) is 0 Å². The molecule has 0 aliphatic heterocycles. The van der Waals surface area contributed by atoms with E-state index in [1.165, 1.54) is 32.7 Å². The Balaban J connectivity index is 1.13. The Kier molecular flexibility index (Phi) is 9.57. The maximum Gasteiger partial charge on any atom is 0.164 e. The fraction of sp³-hybridized carbons (Fsp3) is 0.0317. The summed E-state index contributed by atoms with van der Waals surface area (Å²) in [7, 11) is 0. The lowest BCUT2D eigenvalue weighted by Gasteiger charge is -2.21. The Hall–Kier alpha value is -8.93. The molecule has 0 atom stereocenters. The topological polar surface area (TPSA) is 48.5 Å². The van der Waals surface area contributed by atoms with Crippen LogP contribution in [0.25, 0.3) is 117 Å². The molecule has 5 nitrogen and oxygen atoms in total. The van der Waals surface area contributed by atoms with Gasteiger partial charge in [-0.15, -0.1) is 0 Å². The van der Waals surface area contributed by atoms with Crippen molar-refractivity contribution in [3.8, 4) is 67.8 Å². The summed E-state index contributed by atoms with van der Waals surface area (Å²) >= 11 is 0. The maximum absolute atomic E-state index is 5.35. The molecule has 0 saturated carbocycles. The fourth-order valence-electron chi connectivity index (χ4n) is 10.3. The number of hydrogen-bond donors (Lipinski definition) is 0. The predicted octanol–water partition coefficient (Wildman–Crippen LogP) is 16.1. The number of aromatic nitrogens is 5. The second kappa shape index (κ2) is 16.5. The largest absolute Gasteiger partial charge is 0.309 e. The van der Waals surface area contributed by atoms with Crippen molar-refractivity contribution in [1.82, 2.24) is 24.1 Å². The third-order valence-corrected chi connectivity index (χ3v) is 13.4. The highest BCUT2D eigenvalue weighted by Gasteiger charge is 2.26. The summed E-state index contributed by atoms with van der Waals surface area (Å²) in [6, 6.07) is 78.0. The number of fused-ring (bicyclic) bond motifs is 7. The minimum absolute atomic E-state index is 0.604. The van der Waals surface area contributed by atoms with Crippen molar-refractivity contribution in [2.45, 2.75) is 12.8 Å². The Morgan fingerprint density at radius 1 is 0.353 bits per heavy atom. The van der Waals surface area contributed by atoms with Crippen LogP contribution in [-0.2, 0) is 0 Å². The van der Waals surface area contributed by atoms with E-state index < -0.39 is 0 Å². The number of nitrogens with zero attached hydrogens (tertiary/aromatic N) is 5. The van der Waals surface area contributed by atoms with E-state index in [0.717, 1.165) is 85.2 Å². The molecule has 3 aromatic heterocycles. The molecule has 0 radical (unpaired) electrons. The lowest BCUT2D eigenvalue weighted by atomic mass is 9.92. The molecular formula is C63H43N5. The molecule has 320 valence electrons. The van der Waals surface area contributed by atoms with E-state index in [1.54, 1.807) is 0 Å². The molecule has 0 unspecified atom stereocenters. The highest BCUT2D eigenvalue weighted by atomic mass is 15.0. The summed E-state index contributed by atoms with van der Waals surface area (Å²) in [6.07, 6.45) is 8.92. The number of allylic oxidation sites excluding steroid dienone is 4. The quantitative estimate of drug-likeness (QED) is 0.153. The van der Waals surface area contributed by atoms with Gasteiger partial charge in [-0.2, -0.15) is 0 Å². The van der Waals surface area contributed by atoms with Gasteiger partial charge in [-0.05, 0) is 77.6 Å². The van der Waals surface area contributed by atoms with E-state index in [-0.39, 0.29) is 0 Å². The van der Waals surface area contributed by atoms with Gasteiger partial charge in [0.2, 0.25) is 0 Å². The second-order valence-corrected chi connectivity index (χ2v) is 17.4. The Morgan fingerprint density at radius 3 is 1.46 bits per heavy atom. The van der Waals surface area contributed by atoms with Gasteiger partial charge in [0, 0.05) is 55.0 Å². The van der Waals surface area contributed by atoms with E-state index in [0.29, 0.717) is 17.5 Å². The van der Waals surface area contributed by atoms with Crippen molar-refractivity contribution in [3.05, 3.63) is 242 Å². The first kappa shape index (κ1) is 39.4. The smallest absolute Gasteiger partial charge is 0.164 e. The Bertz CT molecular complexity index is 3860. The van der Waals surface area contributed by atoms with Crippen molar-refractivity contribution in [1.29, 1.82) is 0 Å². The average molecular weight is 870 g/mol. The lowest BCUT2D eigenvalue weighted by Crippen LogP contribution is -2.04. The third-order valence-electron chi connectivity index (χ3n) is 13.4. The maximum atomic E-state index is 5.35. The lowest BCUT2D eigenvalue weighted by molar-refractivity contribution is 1.04. The molecule has 12 aromatic rings. The van der Waals surface area contributed by atoms with E-state index in [4.69, 9.17) is 15.0 Å². The van der Waals surface area contributed by atoms with Gasteiger partial charge in [0.1, 0.15) is 0 Å². The third kappa shape index (κ3) is 6.67. The first-order chi connectivity index (χ1) is 33.7. The second-order valence-electron chi connectivity index (χ2n) is 17.4. The Labute approximate surface area is 394 Å². The van der Waals surface area contributed by atoms with Crippen LogP contribution in [0.1, 0.15) is 18.4 Å². The summed E-state index contributed by atoms with van der Waals surface area (Å²) in [6.45, 7) is 0. The van der Waals surface area contributed by atoms with Crippen molar-refractivity contribution in [2.24, 2.45) is 0 Å². The van der Waals surface area contributed by atoms with Crippen molar-refractivity contribution in [3.63, 3.8) is 0 Å². The van der Waals surface area contributed by atoms with Gasteiger partial charge >= 0.3 is 0 Å². The predicted molar refractivity (Wildman–Crippen MR) is 282 cm³/mol. The van der Waals surface area contributed by atoms with Crippen LogP contribution < -0.4 is 0 Å². The van der Waals surface area contributed by atoms with E-state index in [1.807, 2.05) is 18.2 Å². The average Bonchev–Trinajstić information content (AvgIpc) is 3.94. The van der Waals surface area contributed by atoms with Crippen LogP contribution in [0.2, 0.25) is 0 Å². The normalized spacial score (nSPS) is 12.6. The monoisotopic (exact) mass is 869 g/mol. The molecule has 9 aromatic carbocycles. The van der Waals surface area contributed by atoms with Crippen LogP contribution in [-0.4, -0.2) is 24.1 Å². The van der Waals surface area contributed by atoms with Gasteiger partial charge in [-0.25, -0.2) is 15.0 Å². The van der Waals surface area contributed by atoms with Crippen LogP contribution in [0, 0.1) is 0 Å². The minimum atomic E-state index is 0.604. The zero-order chi connectivity index (χ0) is 45.0. The highest BCUT2D eigenvalue weighted by Crippen LogP contribution is 2.47. The summed E-state index contributed by atoms with van der Waals surface area (Å²) in [5, 5.41) is 4.80. The first-order valence-corrected chi connectivity index (χ1v) is 23.3. The summed E-state index contributed by atoms with van der Waals surface area (Å²) < 4.78 is 4.95. The number of benzene rings is 9. The number of hydrogen-bond acceptors (Lipinski definition) is 3. The first-order valence-electron chi connectivity index (χ1n) is 23.3. The molecular weight excluding hydrogens is 827 g/mol. The molecule has 0 fully saturated rings. The molecule has 0 spiro atoms. The summed E-state index contributed by atoms with van der Waals surface area (Å²) in [5.41, 5.74) is 16.3. The van der Waals surface area contributed by atoms with Crippen molar-refractivity contribution < 1.29 is 0 Å². The summed E-state index contributed by atoms with van der Waals surface area (Å²) in [5.74, 6) is 1.85. The van der Waals surface area contributed by atoms with Crippen molar-refractivity contribution >= 4 is 49.2 Å². The zero-order valence-electron chi connectivity index (χ0n) is 37.2. The molecule has 1 aliphatic carbocycles. The van der Waals surface area contributed by atoms with Crippen LogP contribution in [0.4, 0.5) is 0 Å². The van der Waals surface area contributed by atoms with Gasteiger partial charge < -0.3 is 9.13 Å². The minimum Gasteiger partial charge on any atom is -0.309 e. The van der Waals surface area contributed by atoms with Gasteiger partial charge in [-0.3, -0.25) is 0 Å². The van der Waals surface area contributed by atoms with Gasteiger partial charge in [0.25, 0.3) is 0 Å². The van der Waals surface area contributed by atoms with Crippen molar-refractivity contribution in [2.75, 3.05) is 0 Å². The molecule has 0 bridgehead atoms. The molecule has 3 heterocycles. The Morgan fingerprint density at radius 2 is 0.853 bits per heavy atom. The number of para-hydroxylation sites is 3. The van der Waals surface area contributed by atoms with E-state index >= 15 is 0 Å². The number of rotatable bonds is 8. The molecule has 68 heavy (non-hydrogen) atoms. The molecule has 0 saturated heterocycles. The van der Waals surface area contributed by atoms with Gasteiger partial charge in [0.15, 0.2) is 17.5 Å². The van der Waals surface area contributed by atoms with E-state index in [2.05, 4.69) is 228 Å². The highest BCUT2D eigenvalue weighted by molar-refractivity contribution is 6.26. The van der Waals surface area contributed by atoms with Crippen LogP contribution >= 0.6 is 0 Å². The molecule has 13 rings (SSSR count). The zero-order valence-corrected chi connectivity index (χ0v) is 37.2. The molecule has 0 N–H and O–H groups in total.